The van der Waals surface area contributed by atoms with Crippen LogP contribution in [0.15, 0.2) is 42.5 Å². The molecule has 1 heterocycles. The van der Waals surface area contributed by atoms with Crippen LogP contribution in [0.2, 0.25) is 10.0 Å². The first-order valence-corrected chi connectivity index (χ1v) is 8.91. The second-order valence-corrected chi connectivity index (χ2v) is 7.33. The SMILES string of the molecule is Cc1sc(NC(=O)c2cccc([N+](=O)[O-])c2)nc1-c1ccc(Cl)c(Cl)c1. The largest absolute Gasteiger partial charge is 0.298 e. The minimum Gasteiger partial charge on any atom is -0.298 e. The number of thiazole rings is 1. The number of carbonyl (C=O) groups excluding carboxylic acids is 1. The number of rotatable bonds is 4. The average molecular weight is 408 g/mol. The number of nitro benzene ring substituents is 1. The fourth-order valence-electron chi connectivity index (χ4n) is 2.29. The molecule has 0 fully saturated rings. The highest BCUT2D eigenvalue weighted by Gasteiger charge is 2.16. The van der Waals surface area contributed by atoms with Crippen LogP contribution >= 0.6 is 34.5 Å². The molecule has 0 atom stereocenters. The lowest BCUT2D eigenvalue weighted by Gasteiger charge is -2.02. The number of carbonyl (C=O) groups is 1. The Kier molecular flexibility index (Phi) is 5.22. The van der Waals surface area contributed by atoms with Crippen LogP contribution in [0.5, 0.6) is 0 Å². The van der Waals surface area contributed by atoms with Crippen LogP contribution in [0.4, 0.5) is 10.8 Å². The Hall–Kier alpha value is -2.48. The minimum atomic E-state index is -0.549. The smallest absolute Gasteiger partial charge is 0.270 e. The molecule has 0 saturated carbocycles. The van der Waals surface area contributed by atoms with E-state index in [1.54, 1.807) is 18.2 Å². The normalized spacial score (nSPS) is 10.6. The van der Waals surface area contributed by atoms with Crippen LogP contribution in [-0.2, 0) is 0 Å². The molecule has 0 unspecified atom stereocenters. The van der Waals surface area contributed by atoms with Crippen LogP contribution in [0, 0.1) is 17.0 Å². The molecule has 6 nitrogen and oxygen atoms in total. The molecule has 132 valence electrons. The number of nitro groups is 1. The molecule has 0 aliphatic carbocycles. The summed E-state index contributed by atoms with van der Waals surface area (Å²) >= 11 is 13.3. The van der Waals surface area contributed by atoms with Crippen molar-refractivity contribution in [1.29, 1.82) is 0 Å². The predicted molar refractivity (Wildman–Crippen MR) is 103 cm³/mol. The topological polar surface area (TPSA) is 85.1 Å². The van der Waals surface area contributed by atoms with Crippen LogP contribution in [0.3, 0.4) is 0 Å². The van der Waals surface area contributed by atoms with E-state index in [-0.39, 0.29) is 11.3 Å². The summed E-state index contributed by atoms with van der Waals surface area (Å²) in [6.07, 6.45) is 0. The second kappa shape index (κ2) is 7.41. The van der Waals surface area contributed by atoms with Crippen LogP contribution < -0.4 is 5.32 Å². The lowest BCUT2D eigenvalue weighted by Crippen LogP contribution is -2.11. The number of nitrogens with one attached hydrogen (secondary N) is 1. The number of non-ortho nitro benzene ring substituents is 1. The van der Waals surface area contributed by atoms with Gasteiger partial charge in [0.05, 0.1) is 20.7 Å². The Morgan fingerprint density at radius 2 is 1.96 bits per heavy atom. The van der Waals surface area contributed by atoms with E-state index in [0.717, 1.165) is 10.4 Å². The molecule has 1 N–H and O–H groups in total. The third-order valence-corrected chi connectivity index (χ3v) is 5.15. The molecule has 1 amide bonds. The molecule has 3 rings (SSSR count). The van der Waals surface area contributed by atoms with Gasteiger partial charge in [-0.3, -0.25) is 20.2 Å². The van der Waals surface area contributed by atoms with Gasteiger partial charge in [0, 0.05) is 28.1 Å². The third-order valence-electron chi connectivity index (χ3n) is 3.53. The molecular weight excluding hydrogens is 397 g/mol. The minimum absolute atomic E-state index is 0.149. The van der Waals surface area contributed by atoms with Crippen molar-refractivity contribution >= 4 is 51.3 Å². The van der Waals surface area contributed by atoms with Gasteiger partial charge in [-0.2, -0.15) is 0 Å². The van der Waals surface area contributed by atoms with Crippen molar-refractivity contribution in [2.45, 2.75) is 6.92 Å². The van der Waals surface area contributed by atoms with Gasteiger partial charge in [0.25, 0.3) is 11.6 Å². The number of hydrogen-bond acceptors (Lipinski definition) is 5. The van der Waals surface area contributed by atoms with Crippen LogP contribution in [-0.4, -0.2) is 15.8 Å². The molecule has 0 aliphatic rings. The summed E-state index contributed by atoms with van der Waals surface area (Å²) in [6, 6.07) is 10.7. The van der Waals surface area contributed by atoms with Crippen molar-refractivity contribution < 1.29 is 9.72 Å². The second-order valence-electron chi connectivity index (χ2n) is 5.31. The molecule has 0 aliphatic heterocycles. The third kappa shape index (κ3) is 3.85. The Morgan fingerprint density at radius 3 is 2.65 bits per heavy atom. The summed E-state index contributed by atoms with van der Waals surface area (Å²) in [5.74, 6) is -0.469. The van der Waals surface area contributed by atoms with Gasteiger partial charge in [-0.25, -0.2) is 4.98 Å². The zero-order valence-electron chi connectivity index (χ0n) is 13.3. The number of anilines is 1. The Labute approximate surface area is 162 Å². The van der Waals surface area contributed by atoms with E-state index >= 15 is 0 Å². The highest BCUT2D eigenvalue weighted by molar-refractivity contribution is 7.16. The summed E-state index contributed by atoms with van der Waals surface area (Å²) in [5.41, 5.74) is 1.50. The van der Waals surface area contributed by atoms with Crippen LogP contribution in [0.25, 0.3) is 11.3 Å². The van der Waals surface area contributed by atoms with Crippen molar-refractivity contribution in [3.63, 3.8) is 0 Å². The molecule has 0 saturated heterocycles. The van der Waals surface area contributed by atoms with Gasteiger partial charge < -0.3 is 0 Å². The molecule has 3 aromatic rings. The Balaban J connectivity index is 1.85. The number of nitrogens with zero attached hydrogens (tertiary/aromatic N) is 2. The summed E-state index contributed by atoms with van der Waals surface area (Å²) in [5, 5.41) is 14.8. The quantitative estimate of drug-likeness (QED) is 0.451. The van der Waals surface area contributed by atoms with Crippen molar-refractivity contribution in [1.82, 2.24) is 4.98 Å². The predicted octanol–water partition coefficient (Wildman–Crippen LogP) is 5.59. The van der Waals surface area contributed by atoms with Crippen molar-refractivity contribution in [3.05, 3.63) is 73.1 Å². The van der Waals surface area contributed by atoms with E-state index in [0.29, 0.717) is 20.9 Å². The molecule has 26 heavy (non-hydrogen) atoms. The maximum Gasteiger partial charge on any atom is 0.270 e. The Bertz CT molecular complexity index is 1020. The van der Waals surface area contributed by atoms with Gasteiger partial charge in [-0.15, -0.1) is 11.3 Å². The fraction of sp³-hybridized carbons (Fsp3) is 0.0588. The molecule has 0 spiro atoms. The summed E-state index contributed by atoms with van der Waals surface area (Å²) in [6.45, 7) is 1.87. The molecule has 2 aromatic carbocycles. The average Bonchev–Trinajstić information content (AvgIpc) is 2.97. The number of halogens is 2. The van der Waals surface area contributed by atoms with E-state index in [9.17, 15) is 14.9 Å². The fourth-order valence-corrected chi connectivity index (χ4v) is 3.42. The number of benzene rings is 2. The number of aryl methyl sites for hydroxylation is 1. The standard InChI is InChI=1S/C17H11Cl2N3O3S/c1-9-15(10-5-6-13(18)14(19)8-10)20-17(26-9)21-16(23)11-3-2-4-12(7-11)22(24)25/h2-8H,1H3,(H,20,21,23). The maximum absolute atomic E-state index is 12.3. The van der Waals surface area contributed by atoms with Crippen molar-refractivity contribution in [2.24, 2.45) is 0 Å². The van der Waals surface area contributed by atoms with E-state index in [2.05, 4.69) is 10.3 Å². The molecule has 9 heteroatoms. The molecule has 1 aromatic heterocycles. The molecular formula is C17H11Cl2N3O3S. The van der Waals surface area contributed by atoms with Gasteiger partial charge >= 0.3 is 0 Å². The summed E-state index contributed by atoms with van der Waals surface area (Å²) in [7, 11) is 0. The van der Waals surface area contributed by atoms with Gasteiger partial charge in [-0.05, 0) is 25.1 Å². The molecule has 0 radical (unpaired) electrons. The summed E-state index contributed by atoms with van der Waals surface area (Å²) < 4.78 is 0. The van der Waals surface area contributed by atoms with Crippen molar-refractivity contribution in [3.8, 4) is 11.3 Å². The number of aromatic nitrogens is 1. The lowest BCUT2D eigenvalue weighted by atomic mass is 10.1. The zero-order valence-corrected chi connectivity index (χ0v) is 15.7. The maximum atomic E-state index is 12.3. The number of amides is 1. The van der Waals surface area contributed by atoms with E-state index < -0.39 is 10.8 Å². The molecule has 0 bridgehead atoms. The highest BCUT2D eigenvalue weighted by Crippen LogP contribution is 2.34. The Morgan fingerprint density at radius 1 is 1.19 bits per heavy atom. The van der Waals surface area contributed by atoms with E-state index in [4.69, 9.17) is 23.2 Å². The first kappa shape index (κ1) is 18.3. The first-order valence-electron chi connectivity index (χ1n) is 7.34. The van der Waals surface area contributed by atoms with Gasteiger partial charge in [0.2, 0.25) is 0 Å². The van der Waals surface area contributed by atoms with Crippen molar-refractivity contribution in [2.75, 3.05) is 5.32 Å². The van der Waals surface area contributed by atoms with E-state index in [1.165, 1.54) is 35.6 Å². The van der Waals surface area contributed by atoms with Gasteiger partial charge in [0.1, 0.15) is 0 Å². The number of hydrogen-bond donors (Lipinski definition) is 1. The van der Waals surface area contributed by atoms with Gasteiger partial charge in [-0.1, -0.05) is 35.3 Å². The lowest BCUT2D eigenvalue weighted by molar-refractivity contribution is -0.384. The zero-order chi connectivity index (χ0) is 18.8. The van der Waals surface area contributed by atoms with Gasteiger partial charge in [0.15, 0.2) is 5.13 Å². The first-order chi connectivity index (χ1) is 12.3. The highest BCUT2D eigenvalue weighted by atomic mass is 35.5. The van der Waals surface area contributed by atoms with E-state index in [1.807, 2.05) is 6.92 Å². The van der Waals surface area contributed by atoms with Crippen LogP contribution in [0.1, 0.15) is 15.2 Å². The monoisotopic (exact) mass is 407 g/mol. The summed E-state index contributed by atoms with van der Waals surface area (Å²) in [4.78, 5) is 27.9.